The zero-order valence-corrected chi connectivity index (χ0v) is 8.37. The van der Waals surface area contributed by atoms with E-state index in [-0.39, 0.29) is 0 Å². The predicted octanol–water partition coefficient (Wildman–Crippen LogP) is 2.04. The molecule has 0 unspecified atom stereocenters. The normalized spacial score (nSPS) is 9.00. The third-order valence-electron chi connectivity index (χ3n) is 0.799. The van der Waals surface area contributed by atoms with Crippen LogP contribution < -0.4 is 5.73 Å². The van der Waals surface area contributed by atoms with Crippen molar-refractivity contribution in [1.29, 1.82) is 0 Å². The fourth-order valence-electron chi connectivity index (χ4n) is 0.405. The molecule has 2 amide bonds. The monoisotopic (exact) mass is 204 g/mol. The van der Waals surface area contributed by atoms with E-state index in [0.717, 1.165) is 0 Å². The number of nitrogens with zero attached hydrogens (tertiary/aromatic N) is 1. The van der Waals surface area contributed by atoms with Gasteiger partial charge >= 0.3 is 6.03 Å². The molecule has 5 heteroatoms. The van der Waals surface area contributed by atoms with Gasteiger partial charge in [-0.25, -0.2) is 8.51 Å². The first-order valence-electron chi connectivity index (χ1n) is 3.29. The number of primary amides is 1. The molecule has 0 aliphatic rings. The predicted molar refractivity (Wildman–Crippen MR) is 56.7 cm³/mol. The van der Waals surface area contributed by atoms with Crippen LogP contribution in [0.5, 0.6) is 0 Å². The smallest absolute Gasteiger partial charge is 0.335 e. The van der Waals surface area contributed by atoms with Crippen LogP contribution in [0.1, 0.15) is 0 Å². The molecule has 0 rings (SSSR count). The zero-order valence-electron chi connectivity index (χ0n) is 6.73. The molecular formula is C7H12N2OS2. The summed E-state index contributed by atoms with van der Waals surface area (Å²) in [6.45, 7) is 7.09. The Labute approximate surface area is 81.3 Å². The number of rotatable bonds is 6. The molecule has 3 nitrogen and oxygen atoms in total. The van der Waals surface area contributed by atoms with Gasteiger partial charge in [-0.15, -0.1) is 13.2 Å². The molecule has 0 heterocycles. The molecule has 0 bridgehead atoms. The van der Waals surface area contributed by atoms with Gasteiger partial charge in [0.25, 0.3) is 0 Å². The molecule has 0 fully saturated rings. The summed E-state index contributed by atoms with van der Waals surface area (Å²) in [6, 6.07) is -0.450. The van der Waals surface area contributed by atoms with Crippen molar-refractivity contribution in [2.24, 2.45) is 5.73 Å². The Bertz CT molecular complexity index is 161. The summed E-state index contributed by atoms with van der Waals surface area (Å²) in [6.07, 6.45) is 3.43. The summed E-state index contributed by atoms with van der Waals surface area (Å²) in [5.74, 6) is 1.35. The Morgan fingerprint density at radius 3 is 2.00 bits per heavy atom. The van der Waals surface area contributed by atoms with Gasteiger partial charge in [-0.05, 0) is 23.9 Å². The number of carbonyl (C=O) groups excluding carboxylic acids is 1. The van der Waals surface area contributed by atoms with Crippen molar-refractivity contribution in [2.75, 3.05) is 11.5 Å². The molecule has 68 valence electrons. The zero-order chi connectivity index (χ0) is 9.40. The number of hydrogen-bond donors (Lipinski definition) is 1. The average molecular weight is 204 g/mol. The second-order valence-corrected chi connectivity index (χ2v) is 3.91. The third kappa shape index (κ3) is 5.15. The van der Waals surface area contributed by atoms with Crippen LogP contribution in [0.3, 0.4) is 0 Å². The highest BCUT2D eigenvalue weighted by Crippen LogP contribution is 2.20. The van der Waals surface area contributed by atoms with E-state index in [0.29, 0.717) is 11.5 Å². The first kappa shape index (κ1) is 11.4. The summed E-state index contributed by atoms with van der Waals surface area (Å²) in [7, 11) is 0. The number of amides is 2. The third-order valence-corrected chi connectivity index (χ3v) is 3.03. The van der Waals surface area contributed by atoms with Crippen LogP contribution >= 0.6 is 23.9 Å². The Morgan fingerprint density at radius 1 is 1.33 bits per heavy atom. The number of urea groups is 1. The molecule has 0 aromatic heterocycles. The molecule has 0 radical (unpaired) electrons. The topological polar surface area (TPSA) is 46.3 Å². The first-order valence-corrected chi connectivity index (χ1v) is 5.18. The maximum Gasteiger partial charge on any atom is 0.335 e. The van der Waals surface area contributed by atoms with Crippen LogP contribution in [-0.4, -0.2) is 21.2 Å². The highest BCUT2D eigenvalue weighted by Gasteiger charge is 2.08. The van der Waals surface area contributed by atoms with Crippen LogP contribution in [0.4, 0.5) is 4.79 Å². The summed E-state index contributed by atoms with van der Waals surface area (Å²) in [5, 5.41) is 0. The Balaban J connectivity index is 3.77. The van der Waals surface area contributed by atoms with Gasteiger partial charge in [-0.2, -0.15) is 0 Å². The fraction of sp³-hybridized carbons (Fsp3) is 0.286. The van der Waals surface area contributed by atoms with Crippen molar-refractivity contribution in [2.45, 2.75) is 0 Å². The van der Waals surface area contributed by atoms with E-state index in [9.17, 15) is 4.79 Å². The van der Waals surface area contributed by atoms with Crippen molar-refractivity contribution < 1.29 is 4.79 Å². The largest absolute Gasteiger partial charge is 0.350 e. The molecule has 0 saturated carbocycles. The summed E-state index contributed by atoms with van der Waals surface area (Å²) in [5.41, 5.74) is 5.09. The van der Waals surface area contributed by atoms with Crippen molar-refractivity contribution in [3.8, 4) is 0 Å². The van der Waals surface area contributed by atoms with Crippen molar-refractivity contribution >= 4 is 29.9 Å². The maximum atomic E-state index is 10.7. The minimum absolute atomic E-state index is 0.450. The molecule has 0 spiro atoms. The van der Waals surface area contributed by atoms with Crippen molar-refractivity contribution in [3.63, 3.8) is 0 Å². The molecule has 0 aliphatic heterocycles. The lowest BCUT2D eigenvalue weighted by atomic mass is 10.8. The molecule has 0 aliphatic carbocycles. The molecule has 0 aromatic rings. The van der Waals surface area contributed by atoms with Crippen LogP contribution in [-0.2, 0) is 0 Å². The summed E-state index contributed by atoms with van der Waals surface area (Å²) < 4.78 is 1.42. The molecular weight excluding hydrogens is 192 g/mol. The van der Waals surface area contributed by atoms with E-state index in [2.05, 4.69) is 13.2 Å². The fourth-order valence-corrected chi connectivity index (χ4v) is 1.80. The summed E-state index contributed by atoms with van der Waals surface area (Å²) >= 11 is 2.65. The minimum atomic E-state index is -0.450. The molecule has 0 atom stereocenters. The van der Waals surface area contributed by atoms with Crippen molar-refractivity contribution in [1.82, 2.24) is 3.71 Å². The van der Waals surface area contributed by atoms with E-state index in [4.69, 9.17) is 5.73 Å². The Kier molecular flexibility index (Phi) is 6.79. The lowest BCUT2D eigenvalue weighted by Crippen LogP contribution is -2.24. The molecule has 12 heavy (non-hydrogen) atoms. The van der Waals surface area contributed by atoms with Gasteiger partial charge in [0.2, 0.25) is 0 Å². The highest BCUT2D eigenvalue weighted by atomic mass is 32.2. The van der Waals surface area contributed by atoms with Crippen LogP contribution in [0.2, 0.25) is 0 Å². The van der Waals surface area contributed by atoms with E-state index in [1.54, 1.807) is 12.2 Å². The second kappa shape index (κ2) is 7.12. The Morgan fingerprint density at radius 2 is 1.75 bits per heavy atom. The number of hydrogen-bond acceptors (Lipinski definition) is 3. The van der Waals surface area contributed by atoms with Gasteiger partial charge < -0.3 is 5.73 Å². The number of nitrogens with two attached hydrogens (primary N) is 1. The average Bonchev–Trinajstić information content (AvgIpc) is 2.04. The molecule has 0 aromatic carbocycles. The Hall–Kier alpha value is -0.550. The second-order valence-electron chi connectivity index (χ2n) is 1.76. The van der Waals surface area contributed by atoms with Gasteiger partial charge in [0.1, 0.15) is 0 Å². The van der Waals surface area contributed by atoms with E-state index >= 15 is 0 Å². The van der Waals surface area contributed by atoms with Gasteiger partial charge in [-0.1, -0.05) is 12.2 Å². The van der Waals surface area contributed by atoms with Gasteiger partial charge in [0.05, 0.1) is 0 Å². The van der Waals surface area contributed by atoms with Crippen LogP contribution in [0.15, 0.2) is 25.3 Å². The van der Waals surface area contributed by atoms with Gasteiger partial charge in [-0.3, -0.25) is 0 Å². The van der Waals surface area contributed by atoms with Gasteiger partial charge in [0.15, 0.2) is 0 Å². The maximum absolute atomic E-state index is 10.7. The minimum Gasteiger partial charge on any atom is -0.350 e. The molecule has 2 N–H and O–H groups in total. The lowest BCUT2D eigenvalue weighted by molar-refractivity contribution is 0.246. The van der Waals surface area contributed by atoms with Crippen LogP contribution in [0, 0.1) is 0 Å². The van der Waals surface area contributed by atoms with E-state index < -0.39 is 6.03 Å². The lowest BCUT2D eigenvalue weighted by Gasteiger charge is -2.14. The van der Waals surface area contributed by atoms with E-state index in [1.165, 1.54) is 27.6 Å². The molecule has 0 saturated heterocycles. The number of carbonyl (C=O) groups is 1. The van der Waals surface area contributed by atoms with E-state index in [1.807, 2.05) is 0 Å². The van der Waals surface area contributed by atoms with Crippen molar-refractivity contribution in [3.05, 3.63) is 25.3 Å². The first-order chi connectivity index (χ1) is 5.72. The summed E-state index contributed by atoms with van der Waals surface area (Å²) in [4.78, 5) is 10.7. The van der Waals surface area contributed by atoms with Gasteiger partial charge in [0, 0.05) is 11.5 Å². The quantitative estimate of drug-likeness (QED) is 0.532. The highest BCUT2D eigenvalue weighted by molar-refractivity contribution is 8.12. The standard InChI is InChI=1S/C7H12N2OS2/c1-3-5-11-9(7(8)10)12-6-4-2/h3-4H,1-2,5-6H2,(H2,8,10). The SMILES string of the molecule is C=CCSN(SCC=C)C(N)=O. The van der Waals surface area contributed by atoms with Crippen LogP contribution in [0.25, 0.3) is 0 Å².